The lowest BCUT2D eigenvalue weighted by Gasteiger charge is -2.37. The molecular weight excluding hydrogens is 419 g/mol. The monoisotopic (exact) mass is 447 g/mol. The SMILES string of the molecule is CB(Cc1ccccc1)N(CC(C)(C)OI)B(C)Cc1ccccc1. The van der Waals surface area contributed by atoms with E-state index in [4.69, 9.17) is 3.07 Å². The van der Waals surface area contributed by atoms with E-state index in [2.05, 4.69) is 92.9 Å². The van der Waals surface area contributed by atoms with Crippen LogP contribution in [0.25, 0.3) is 0 Å². The Kier molecular flexibility index (Phi) is 8.04. The van der Waals surface area contributed by atoms with Crippen molar-refractivity contribution in [3.63, 3.8) is 0 Å². The molecule has 0 aromatic heterocycles. The number of hydrogen-bond acceptors (Lipinski definition) is 2. The lowest BCUT2D eigenvalue weighted by Crippen LogP contribution is -2.54. The number of hydrogen-bond donors (Lipinski definition) is 0. The molecule has 0 saturated heterocycles. The maximum absolute atomic E-state index is 5.70. The van der Waals surface area contributed by atoms with Crippen molar-refractivity contribution >= 4 is 36.7 Å². The second-order valence-electron chi connectivity index (χ2n) is 7.59. The first-order chi connectivity index (χ1) is 11.9. The minimum atomic E-state index is -0.170. The van der Waals surface area contributed by atoms with E-state index in [1.165, 1.54) is 11.1 Å². The summed E-state index contributed by atoms with van der Waals surface area (Å²) in [5, 5.41) is 0. The Morgan fingerprint density at radius 2 is 1.24 bits per heavy atom. The van der Waals surface area contributed by atoms with Gasteiger partial charge in [-0.05, 0) is 26.5 Å². The van der Waals surface area contributed by atoms with E-state index in [1.54, 1.807) is 0 Å². The predicted octanol–water partition coefficient (Wildman–Crippen LogP) is 5.24. The Labute approximate surface area is 168 Å². The third kappa shape index (κ3) is 6.80. The van der Waals surface area contributed by atoms with Crippen molar-refractivity contribution < 1.29 is 3.07 Å². The minimum Gasteiger partial charge on any atom is -0.381 e. The standard InChI is InChI=1S/C20H28B2INO/c1-20(2,25-23)17-24(21(3)15-18-11-7-5-8-12-18)22(4)16-19-13-9-6-10-14-19/h5-14H,15-17H2,1-4H3. The quantitative estimate of drug-likeness (QED) is 0.386. The summed E-state index contributed by atoms with van der Waals surface area (Å²) in [6, 6.07) is 21.5. The van der Waals surface area contributed by atoms with Gasteiger partial charge in [-0.25, -0.2) is 0 Å². The highest BCUT2D eigenvalue weighted by Crippen LogP contribution is 2.19. The van der Waals surface area contributed by atoms with Gasteiger partial charge in [0.05, 0.1) is 5.60 Å². The summed E-state index contributed by atoms with van der Waals surface area (Å²) in [5.74, 6) is 0. The molecule has 0 atom stereocenters. The molecule has 0 radical (unpaired) electrons. The van der Waals surface area contributed by atoms with Crippen LogP contribution in [0.1, 0.15) is 25.0 Å². The van der Waals surface area contributed by atoms with Crippen molar-refractivity contribution in [1.82, 2.24) is 4.72 Å². The third-order valence-corrected chi connectivity index (χ3v) is 5.84. The molecule has 0 bridgehead atoms. The number of rotatable bonds is 9. The molecule has 0 amide bonds. The molecule has 2 aromatic carbocycles. The van der Waals surface area contributed by atoms with Gasteiger partial charge in [-0.2, -0.15) is 0 Å². The van der Waals surface area contributed by atoms with Crippen LogP contribution in [-0.4, -0.2) is 30.6 Å². The average Bonchev–Trinajstić information content (AvgIpc) is 2.61. The van der Waals surface area contributed by atoms with Gasteiger partial charge in [0.1, 0.15) is 23.0 Å². The predicted molar refractivity (Wildman–Crippen MR) is 119 cm³/mol. The van der Waals surface area contributed by atoms with Gasteiger partial charge >= 0.3 is 0 Å². The summed E-state index contributed by atoms with van der Waals surface area (Å²) in [7, 11) is 0. The topological polar surface area (TPSA) is 12.5 Å². The number of benzene rings is 2. The van der Waals surface area contributed by atoms with Crippen LogP contribution in [0.3, 0.4) is 0 Å². The van der Waals surface area contributed by atoms with Gasteiger partial charge in [0.15, 0.2) is 0 Å². The minimum absolute atomic E-state index is 0.170. The Bertz CT molecular complexity index is 577. The fraction of sp³-hybridized carbons (Fsp3) is 0.400. The Morgan fingerprint density at radius 1 is 0.840 bits per heavy atom. The number of nitrogens with zero attached hydrogens (tertiary/aromatic N) is 1. The Morgan fingerprint density at radius 3 is 1.60 bits per heavy atom. The van der Waals surface area contributed by atoms with Gasteiger partial charge in [-0.15, -0.1) is 0 Å². The maximum atomic E-state index is 5.70. The molecular formula is C20H28B2INO. The Balaban J connectivity index is 2.13. The fourth-order valence-electron chi connectivity index (χ4n) is 3.36. The van der Waals surface area contributed by atoms with Crippen molar-refractivity contribution in [2.75, 3.05) is 6.54 Å². The van der Waals surface area contributed by atoms with Crippen LogP contribution in [-0.2, 0) is 15.7 Å². The summed E-state index contributed by atoms with van der Waals surface area (Å²) < 4.78 is 8.29. The molecule has 0 heterocycles. The van der Waals surface area contributed by atoms with E-state index in [9.17, 15) is 0 Å². The first-order valence-electron chi connectivity index (χ1n) is 9.04. The van der Waals surface area contributed by atoms with Crippen molar-refractivity contribution in [2.45, 2.75) is 45.7 Å². The molecule has 25 heavy (non-hydrogen) atoms. The molecule has 0 fully saturated rings. The van der Waals surface area contributed by atoms with Gasteiger partial charge < -0.3 is 7.79 Å². The van der Waals surface area contributed by atoms with Crippen molar-refractivity contribution in [3.8, 4) is 0 Å². The molecule has 0 aliphatic carbocycles. The summed E-state index contributed by atoms with van der Waals surface area (Å²) in [6.45, 7) is 10.8. The Hall–Kier alpha value is -0.780. The second-order valence-corrected chi connectivity index (χ2v) is 8.03. The first kappa shape index (κ1) is 20.5. The highest BCUT2D eigenvalue weighted by Gasteiger charge is 2.31. The molecule has 2 aromatic rings. The molecule has 0 aliphatic rings. The van der Waals surface area contributed by atoms with Gasteiger partial charge in [-0.3, -0.25) is 0 Å². The molecule has 5 heteroatoms. The summed E-state index contributed by atoms with van der Waals surface area (Å²) >= 11 is 2.03. The van der Waals surface area contributed by atoms with E-state index in [-0.39, 0.29) is 5.60 Å². The molecule has 0 spiro atoms. The van der Waals surface area contributed by atoms with Crippen LogP contribution in [0, 0.1) is 0 Å². The molecule has 0 aliphatic heterocycles. The van der Waals surface area contributed by atoms with Gasteiger partial charge in [0.25, 0.3) is 0 Å². The van der Waals surface area contributed by atoms with Crippen molar-refractivity contribution in [1.29, 1.82) is 0 Å². The normalized spacial score (nSPS) is 11.6. The van der Waals surface area contributed by atoms with Crippen LogP contribution >= 0.6 is 23.0 Å². The molecule has 132 valence electrons. The fourth-order valence-corrected chi connectivity index (χ4v) is 3.49. The molecule has 0 saturated carbocycles. The lowest BCUT2D eigenvalue weighted by molar-refractivity contribution is 0.157. The van der Waals surface area contributed by atoms with Gasteiger partial charge in [-0.1, -0.05) is 85.4 Å². The molecule has 0 unspecified atom stereocenters. The molecule has 2 rings (SSSR count). The summed E-state index contributed by atoms with van der Waals surface area (Å²) in [6.07, 6.45) is 2.11. The van der Waals surface area contributed by atoms with Gasteiger partial charge in [0.2, 0.25) is 13.7 Å². The van der Waals surface area contributed by atoms with Crippen molar-refractivity contribution in [3.05, 3.63) is 71.8 Å². The zero-order valence-electron chi connectivity index (χ0n) is 15.8. The molecule has 0 N–H and O–H groups in total. The van der Waals surface area contributed by atoms with Crippen LogP contribution < -0.4 is 0 Å². The van der Waals surface area contributed by atoms with E-state index in [0.29, 0.717) is 13.7 Å². The van der Waals surface area contributed by atoms with Crippen LogP contribution in [0.4, 0.5) is 0 Å². The lowest BCUT2D eigenvalue weighted by atomic mass is 9.44. The van der Waals surface area contributed by atoms with E-state index in [1.807, 2.05) is 23.0 Å². The smallest absolute Gasteiger partial charge is 0.213 e. The first-order valence-corrected chi connectivity index (χ1v) is 9.93. The van der Waals surface area contributed by atoms with Crippen LogP contribution in [0.2, 0.25) is 13.6 Å². The second kappa shape index (κ2) is 9.79. The maximum Gasteiger partial charge on any atom is 0.213 e. The van der Waals surface area contributed by atoms with E-state index >= 15 is 0 Å². The highest BCUT2D eigenvalue weighted by atomic mass is 127. The van der Waals surface area contributed by atoms with Crippen LogP contribution in [0.15, 0.2) is 60.7 Å². The summed E-state index contributed by atoms with van der Waals surface area (Å²) in [4.78, 5) is 0. The van der Waals surface area contributed by atoms with E-state index < -0.39 is 0 Å². The van der Waals surface area contributed by atoms with Crippen LogP contribution in [0.5, 0.6) is 0 Å². The highest BCUT2D eigenvalue weighted by molar-refractivity contribution is 14.1. The average molecular weight is 447 g/mol. The molecule has 2 nitrogen and oxygen atoms in total. The van der Waals surface area contributed by atoms with E-state index in [0.717, 1.165) is 19.2 Å². The zero-order valence-corrected chi connectivity index (χ0v) is 17.9. The largest absolute Gasteiger partial charge is 0.381 e. The number of halogens is 1. The third-order valence-electron chi connectivity index (χ3n) is 4.65. The summed E-state index contributed by atoms with van der Waals surface area (Å²) in [5.41, 5.74) is 2.61. The zero-order chi connectivity index (χ0) is 18.3. The van der Waals surface area contributed by atoms with Crippen molar-refractivity contribution in [2.24, 2.45) is 0 Å². The van der Waals surface area contributed by atoms with Gasteiger partial charge in [0, 0.05) is 6.54 Å².